The number of likely N-dealkylation sites (N-methyl/N-ethyl adjacent to an activating group) is 1. The fourth-order valence-corrected chi connectivity index (χ4v) is 3.18. The fraction of sp³-hybridized carbons (Fsp3) is 0.240. The van der Waals surface area contributed by atoms with E-state index >= 15 is 0 Å². The molecule has 182 valence electrons. The molecule has 0 fully saturated rings. The van der Waals surface area contributed by atoms with Gasteiger partial charge in [0.15, 0.2) is 5.78 Å². The van der Waals surface area contributed by atoms with Gasteiger partial charge < -0.3 is 19.8 Å². The van der Waals surface area contributed by atoms with E-state index < -0.39 is 11.9 Å². The molecule has 0 radical (unpaired) electrons. The van der Waals surface area contributed by atoms with Crippen LogP contribution in [0.2, 0.25) is 0 Å². The van der Waals surface area contributed by atoms with Crippen molar-refractivity contribution in [1.82, 2.24) is 4.90 Å². The highest BCUT2D eigenvalue weighted by molar-refractivity contribution is 9.10. The van der Waals surface area contributed by atoms with Crippen molar-refractivity contribution in [3.05, 3.63) is 88.4 Å². The first kappa shape index (κ1) is 29.2. The molecule has 0 saturated heterocycles. The number of carbonyl (C=O) groups excluding carboxylic acids is 1. The summed E-state index contributed by atoms with van der Waals surface area (Å²) in [5.41, 5.74) is 1.33. The average molecular weight is 550 g/mol. The minimum atomic E-state index is -1.26. The molecule has 0 aliphatic carbocycles. The summed E-state index contributed by atoms with van der Waals surface area (Å²) in [6.45, 7) is 2.53. The van der Waals surface area contributed by atoms with Gasteiger partial charge in [0.05, 0.1) is 0 Å². The summed E-state index contributed by atoms with van der Waals surface area (Å²) in [5, 5.41) is 15.6. The highest BCUT2D eigenvalue weighted by Crippen LogP contribution is 2.17. The maximum absolute atomic E-state index is 12.4. The molecule has 0 aromatic heterocycles. The minimum absolute atomic E-state index is 0.0113. The van der Waals surface area contributed by atoms with Crippen LogP contribution in [0.25, 0.3) is 0 Å². The molecule has 34 heavy (non-hydrogen) atoms. The van der Waals surface area contributed by atoms with E-state index in [4.69, 9.17) is 14.9 Å². The van der Waals surface area contributed by atoms with Crippen LogP contribution < -0.4 is 4.74 Å². The Kier molecular flexibility index (Phi) is 14.3. The molecular weight excluding hydrogens is 522 g/mol. The number of ketones is 1. The summed E-state index contributed by atoms with van der Waals surface area (Å²) in [6, 6.07) is 14.7. The van der Waals surface area contributed by atoms with Crippen molar-refractivity contribution in [2.45, 2.75) is 0 Å². The lowest BCUT2D eigenvalue weighted by Crippen LogP contribution is -2.21. The van der Waals surface area contributed by atoms with Gasteiger partial charge in [-0.3, -0.25) is 4.79 Å². The van der Waals surface area contributed by atoms with E-state index in [0.29, 0.717) is 29.9 Å². The van der Waals surface area contributed by atoms with Gasteiger partial charge in [0.2, 0.25) is 0 Å². The largest absolute Gasteiger partial charge is 0.490 e. The van der Waals surface area contributed by atoms with Gasteiger partial charge in [-0.25, -0.2) is 9.59 Å². The Morgan fingerprint density at radius 2 is 1.47 bits per heavy atom. The highest BCUT2D eigenvalue weighted by Gasteiger charge is 2.08. The van der Waals surface area contributed by atoms with Gasteiger partial charge in [-0.15, -0.1) is 0 Å². The van der Waals surface area contributed by atoms with E-state index in [1.54, 1.807) is 12.1 Å². The summed E-state index contributed by atoms with van der Waals surface area (Å²) in [4.78, 5) is 33.8. The Balaban J connectivity index is 0.000000620. The number of aliphatic carboxylic acids is 2. The van der Waals surface area contributed by atoms with Crippen molar-refractivity contribution in [3.8, 4) is 5.75 Å². The third-order valence-electron chi connectivity index (χ3n) is 4.20. The Bertz CT molecular complexity index is 958. The maximum atomic E-state index is 12.4. The lowest BCUT2D eigenvalue weighted by molar-refractivity contribution is -0.134. The van der Waals surface area contributed by atoms with Crippen LogP contribution in [0.1, 0.15) is 15.9 Å². The average Bonchev–Trinajstić information content (AvgIpc) is 2.82. The molecule has 2 N–H and O–H groups in total. The van der Waals surface area contributed by atoms with Gasteiger partial charge in [-0.1, -0.05) is 28.1 Å². The normalized spacial score (nSPS) is 10.8. The lowest BCUT2D eigenvalue weighted by atomic mass is 10.0. The molecule has 9 heteroatoms. The second-order valence-corrected chi connectivity index (χ2v) is 8.81. The van der Waals surface area contributed by atoms with Crippen molar-refractivity contribution >= 4 is 45.4 Å². The predicted molar refractivity (Wildman–Crippen MR) is 139 cm³/mol. The molecule has 0 heterocycles. The number of carboxylic acid groups (broad SMARTS) is 2. The quantitative estimate of drug-likeness (QED) is 0.224. The second kappa shape index (κ2) is 16.7. The molecule has 0 aliphatic heterocycles. The first-order valence-electron chi connectivity index (χ1n) is 10.2. The summed E-state index contributed by atoms with van der Waals surface area (Å²) in [7, 11) is 2.11. The van der Waals surface area contributed by atoms with Gasteiger partial charge in [0.25, 0.3) is 0 Å². The van der Waals surface area contributed by atoms with Crippen LogP contribution in [0, 0.1) is 0 Å². The molecule has 7 nitrogen and oxygen atoms in total. The van der Waals surface area contributed by atoms with E-state index in [0.717, 1.165) is 29.1 Å². The topological polar surface area (TPSA) is 104 Å². The molecule has 0 unspecified atom stereocenters. The Labute approximate surface area is 212 Å². The zero-order valence-corrected chi connectivity index (χ0v) is 21.4. The number of rotatable bonds is 12. The van der Waals surface area contributed by atoms with Crippen molar-refractivity contribution < 1.29 is 29.3 Å². The third kappa shape index (κ3) is 13.0. The fourth-order valence-electron chi connectivity index (χ4n) is 2.42. The zero-order valence-electron chi connectivity index (χ0n) is 19.0. The summed E-state index contributed by atoms with van der Waals surface area (Å²) < 4.78 is 6.66. The Morgan fingerprint density at radius 1 is 0.941 bits per heavy atom. The van der Waals surface area contributed by atoms with Crippen LogP contribution in [0.15, 0.2) is 77.3 Å². The van der Waals surface area contributed by atoms with Crippen LogP contribution in [-0.4, -0.2) is 71.6 Å². The number of halogens is 1. The van der Waals surface area contributed by atoms with Gasteiger partial charge in [0, 0.05) is 46.6 Å². The molecule has 0 aliphatic rings. The molecule has 0 spiro atoms. The summed E-state index contributed by atoms with van der Waals surface area (Å²) in [5.74, 6) is -0.596. The molecule has 2 aromatic rings. The van der Waals surface area contributed by atoms with Crippen molar-refractivity contribution in [2.24, 2.45) is 0 Å². The Hall–Kier alpha value is -2.88. The van der Waals surface area contributed by atoms with Gasteiger partial charge >= 0.3 is 11.9 Å². The minimum Gasteiger partial charge on any atom is -0.490 e. The molecule has 0 bridgehead atoms. The van der Waals surface area contributed by atoms with Crippen LogP contribution >= 0.6 is 27.7 Å². The number of hydrogen-bond acceptors (Lipinski definition) is 6. The standard InChI is InChI=1S/C21H24BrNO2S.C4H4O4/c1-23(14-16-26-2)13-3-4-15-25-20-11-7-18(8-12-20)21(24)17-5-9-19(22)10-6-17;5-3(6)1-2-4(7)8/h3-12H,13-16H2,1-2H3;1-2H,(H,5,6)(H,7,8). The number of hydrogen-bond donors (Lipinski definition) is 2. The second-order valence-electron chi connectivity index (χ2n) is 6.91. The molecule has 0 atom stereocenters. The lowest BCUT2D eigenvalue weighted by Gasteiger charge is -2.12. The number of thioether (sulfide) groups is 1. The maximum Gasteiger partial charge on any atom is 0.328 e. The summed E-state index contributed by atoms with van der Waals surface area (Å²) in [6.07, 6.45) is 7.38. The molecule has 0 amide bonds. The number of carbonyl (C=O) groups is 3. The van der Waals surface area contributed by atoms with Crippen molar-refractivity contribution in [1.29, 1.82) is 0 Å². The molecular formula is C25H28BrNO6S. The molecule has 2 aromatic carbocycles. The van der Waals surface area contributed by atoms with E-state index in [9.17, 15) is 14.4 Å². The number of carboxylic acids is 2. The smallest absolute Gasteiger partial charge is 0.328 e. The first-order valence-corrected chi connectivity index (χ1v) is 12.4. The number of ether oxygens (including phenoxy) is 1. The SMILES string of the molecule is CSCCN(C)CC=CCOc1ccc(C(=O)c2ccc(Br)cc2)cc1.O=C(O)C=CC(=O)O. The predicted octanol–water partition coefficient (Wildman–Crippen LogP) is 4.62. The van der Waals surface area contributed by atoms with Crippen LogP contribution in [0.5, 0.6) is 5.75 Å². The first-order chi connectivity index (χ1) is 16.2. The third-order valence-corrected chi connectivity index (χ3v) is 5.32. The van der Waals surface area contributed by atoms with E-state index in [-0.39, 0.29) is 5.78 Å². The highest BCUT2D eigenvalue weighted by atomic mass is 79.9. The molecule has 2 rings (SSSR count). The number of benzene rings is 2. The van der Waals surface area contributed by atoms with E-state index in [1.165, 1.54) is 0 Å². The Morgan fingerprint density at radius 3 is 1.97 bits per heavy atom. The van der Waals surface area contributed by atoms with E-state index in [2.05, 4.69) is 40.2 Å². The van der Waals surface area contributed by atoms with Gasteiger partial charge in [-0.2, -0.15) is 11.8 Å². The van der Waals surface area contributed by atoms with Crippen LogP contribution in [0.3, 0.4) is 0 Å². The van der Waals surface area contributed by atoms with Crippen molar-refractivity contribution in [3.63, 3.8) is 0 Å². The number of nitrogens with zero attached hydrogens (tertiary/aromatic N) is 1. The van der Waals surface area contributed by atoms with Crippen LogP contribution in [0.4, 0.5) is 0 Å². The van der Waals surface area contributed by atoms with Crippen LogP contribution in [-0.2, 0) is 9.59 Å². The molecule has 0 saturated carbocycles. The van der Waals surface area contributed by atoms with Gasteiger partial charge in [0.1, 0.15) is 12.4 Å². The zero-order chi connectivity index (χ0) is 25.3. The summed E-state index contributed by atoms with van der Waals surface area (Å²) >= 11 is 5.23. The van der Waals surface area contributed by atoms with E-state index in [1.807, 2.05) is 54.2 Å². The van der Waals surface area contributed by atoms with Gasteiger partial charge in [-0.05, 0) is 61.8 Å². The monoisotopic (exact) mass is 549 g/mol. The van der Waals surface area contributed by atoms with Crippen molar-refractivity contribution in [2.75, 3.05) is 38.8 Å².